The lowest BCUT2D eigenvalue weighted by molar-refractivity contribution is -0.316. The van der Waals surface area contributed by atoms with E-state index in [1.807, 2.05) is 0 Å². The van der Waals surface area contributed by atoms with Crippen molar-refractivity contribution < 1.29 is 64.6 Å². The largest absolute Gasteiger partial charge is 0.395 e. The molecule has 3 aliphatic rings. The molecule has 0 bridgehead atoms. The molecule has 43 heavy (non-hydrogen) atoms. The van der Waals surface area contributed by atoms with Gasteiger partial charge in [-0.25, -0.2) is 0 Å². The summed E-state index contributed by atoms with van der Waals surface area (Å²) < 4.78 is 23.3. The van der Waals surface area contributed by atoms with Crippen molar-refractivity contribution >= 4 is 5.91 Å². The molecular formula is C24H48N6O13. The van der Waals surface area contributed by atoms with Crippen LogP contribution in [0.3, 0.4) is 0 Å². The predicted molar refractivity (Wildman–Crippen MR) is 144 cm³/mol. The summed E-state index contributed by atoms with van der Waals surface area (Å²) in [6.07, 6.45) is -16.7. The number of hydrogen-bond acceptors (Lipinski definition) is 18. The van der Waals surface area contributed by atoms with Crippen molar-refractivity contribution in [3.63, 3.8) is 0 Å². The first-order chi connectivity index (χ1) is 20.3. The van der Waals surface area contributed by atoms with Crippen LogP contribution in [0, 0.1) is 0 Å². The van der Waals surface area contributed by atoms with Gasteiger partial charge in [0.05, 0.1) is 43.5 Å². The van der Waals surface area contributed by atoms with E-state index < -0.39 is 117 Å². The Morgan fingerprint density at radius 1 is 0.884 bits per heavy atom. The molecule has 0 aromatic carbocycles. The zero-order chi connectivity index (χ0) is 32.0. The van der Waals surface area contributed by atoms with Crippen molar-refractivity contribution in [2.24, 2.45) is 22.9 Å². The molecule has 1 aliphatic carbocycles. The summed E-state index contributed by atoms with van der Waals surface area (Å²) in [5.74, 6) is -1.05. The van der Waals surface area contributed by atoms with Crippen LogP contribution < -0.4 is 33.6 Å². The number of nitrogens with one attached hydrogen (secondary N) is 2. The Hall–Kier alpha value is -1.21. The van der Waals surface area contributed by atoms with Crippen LogP contribution in [-0.4, -0.2) is 177 Å². The van der Waals surface area contributed by atoms with E-state index >= 15 is 0 Å². The number of amides is 1. The van der Waals surface area contributed by atoms with Crippen LogP contribution in [0.5, 0.6) is 0 Å². The second-order valence-electron chi connectivity index (χ2n) is 11.2. The van der Waals surface area contributed by atoms with Crippen molar-refractivity contribution in [2.45, 2.75) is 111 Å². The molecule has 2 saturated heterocycles. The molecule has 0 aromatic heterocycles. The van der Waals surface area contributed by atoms with E-state index in [-0.39, 0.29) is 32.5 Å². The summed E-state index contributed by atoms with van der Waals surface area (Å²) in [6, 6.07) is -4.28. The van der Waals surface area contributed by atoms with Gasteiger partial charge in [-0.2, -0.15) is 0 Å². The van der Waals surface area contributed by atoms with Crippen LogP contribution in [0.25, 0.3) is 0 Å². The van der Waals surface area contributed by atoms with Gasteiger partial charge in [0.25, 0.3) is 5.91 Å². The van der Waals surface area contributed by atoms with Gasteiger partial charge in [-0.05, 0) is 12.8 Å². The number of aliphatic hydroxyl groups excluding tert-OH is 8. The summed E-state index contributed by atoms with van der Waals surface area (Å²) in [4.78, 5) is 12.7. The standard InChI is InChI=1S/C24H48N6O13/c25-5-12(34)16(35)22(39)30-10-3-8(26)20(42-23-9(27)4-11(33)13(40-23)6-29-1-2-31)19(38)21(10)43-24-18(37)15(28)17(36)14(7-32)41-24/h8-21,23-24,29,31-38H,1-7,25-28H2,(H,30,39)/t8-,9+,10+,11-,12?,13+,14+,15-,16?,17+,18+,19-,20+,21-,23+,24+/m0/s1. The molecule has 2 heterocycles. The predicted octanol–water partition coefficient (Wildman–Crippen LogP) is -8.83. The fourth-order valence-electron chi connectivity index (χ4n) is 5.39. The maximum Gasteiger partial charge on any atom is 0.251 e. The minimum Gasteiger partial charge on any atom is -0.395 e. The van der Waals surface area contributed by atoms with E-state index in [4.69, 9.17) is 47.0 Å². The van der Waals surface area contributed by atoms with Crippen molar-refractivity contribution in [1.29, 1.82) is 0 Å². The van der Waals surface area contributed by atoms with Crippen molar-refractivity contribution in [3.05, 3.63) is 0 Å². The summed E-state index contributed by atoms with van der Waals surface area (Å²) >= 11 is 0. The second-order valence-corrected chi connectivity index (χ2v) is 11.2. The third kappa shape index (κ3) is 8.74. The van der Waals surface area contributed by atoms with E-state index in [9.17, 15) is 40.5 Å². The quantitative estimate of drug-likeness (QED) is 0.0841. The van der Waals surface area contributed by atoms with Gasteiger partial charge in [0, 0.05) is 25.7 Å². The minimum absolute atomic E-state index is 0.0824. The summed E-state index contributed by atoms with van der Waals surface area (Å²) in [5, 5.41) is 86.7. The highest BCUT2D eigenvalue weighted by atomic mass is 16.7. The molecule has 0 spiro atoms. The Labute approximate surface area is 248 Å². The maximum atomic E-state index is 12.7. The van der Waals surface area contributed by atoms with Gasteiger partial charge in [0.15, 0.2) is 18.7 Å². The highest BCUT2D eigenvalue weighted by Gasteiger charge is 2.51. The lowest BCUT2D eigenvalue weighted by Crippen LogP contribution is -2.69. The topological polar surface area (TPSA) is 344 Å². The van der Waals surface area contributed by atoms with Crippen LogP contribution in [0.2, 0.25) is 0 Å². The monoisotopic (exact) mass is 628 g/mol. The lowest BCUT2D eigenvalue weighted by Gasteiger charge is -2.48. The molecule has 1 amide bonds. The summed E-state index contributed by atoms with van der Waals surface area (Å²) in [5.41, 5.74) is 23.7. The number of nitrogens with two attached hydrogens (primary N) is 4. The van der Waals surface area contributed by atoms with Crippen molar-refractivity contribution in [3.8, 4) is 0 Å². The number of aliphatic hydroxyl groups is 8. The van der Waals surface area contributed by atoms with E-state index in [1.54, 1.807) is 0 Å². The Morgan fingerprint density at radius 3 is 2.16 bits per heavy atom. The smallest absolute Gasteiger partial charge is 0.251 e. The molecule has 19 nitrogen and oxygen atoms in total. The summed E-state index contributed by atoms with van der Waals surface area (Å²) in [6.45, 7) is -0.804. The SMILES string of the molecule is NCC(O)C(O)C(=O)N[C@@H]1C[C@H](N)[C@@H](O[C@H]2O[C@H](CNCCO)[C@@H](O)C[C@H]2N)[C@H](O)[C@H]1O[C@H]1O[C@H](CO)[C@@H](O)[C@H](N)[C@H]1O. The molecule has 0 aromatic rings. The van der Waals surface area contributed by atoms with E-state index in [1.165, 1.54) is 0 Å². The first-order valence-corrected chi connectivity index (χ1v) is 14.2. The molecule has 252 valence electrons. The van der Waals surface area contributed by atoms with Crippen LogP contribution in [0.4, 0.5) is 0 Å². The fraction of sp³-hybridized carbons (Fsp3) is 0.958. The second kappa shape index (κ2) is 16.4. The molecule has 3 rings (SSSR count). The number of carbonyl (C=O) groups is 1. The molecule has 1 saturated carbocycles. The van der Waals surface area contributed by atoms with Gasteiger partial charge in [-0.3, -0.25) is 4.79 Å². The van der Waals surface area contributed by atoms with Crippen molar-refractivity contribution in [2.75, 3.05) is 32.8 Å². The molecule has 0 radical (unpaired) electrons. The highest BCUT2D eigenvalue weighted by Crippen LogP contribution is 2.31. The zero-order valence-electron chi connectivity index (χ0n) is 23.6. The Balaban J connectivity index is 1.82. The van der Waals surface area contributed by atoms with Gasteiger partial charge >= 0.3 is 0 Å². The molecule has 18 N–H and O–H groups in total. The first kappa shape index (κ1) is 36.3. The normalized spacial score (nSPS) is 43.6. The fourth-order valence-corrected chi connectivity index (χ4v) is 5.39. The third-order valence-corrected chi connectivity index (χ3v) is 7.98. The van der Waals surface area contributed by atoms with E-state index in [2.05, 4.69) is 10.6 Å². The maximum absolute atomic E-state index is 12.7. The van der Waals surface area contributed by atoms with Crippen LogP contribution in [0.15, 0.2) is 0 Å². The molecule has 19 heteroatoms. The highest BCUT2D eigenvalue weighted by molar-refractivity contribution is 5.81. The molecular weight excluding hydrogens is 580 g/mol. The number of hydrogen-bond donors (Lipinski definition) is 14. The van der Waals surface area contributed by atoms with Gasteiger partial charge in [-0.15, -0.1) is 0 Å². The van der Waals surface area contributed by atoms with Crippen LogP contribution >= 0.6 is 0 Å². The summed E-state index contributed by atoms with van der Waals surface area (Å²) in [7, 11) is 0. The van der Waals surface area contributed by atoms with Gasteiger partial charge in [-0.1, -0.05) is 0 Å². The Bertz CT molecular complexity index is 867. The Kier molecular flexibility index (Phi) is 13.8. The average Bonchev–Trinajstić information content (AvgIpc) is 2.98. The van der Waals surface area contributed by atoms with Crippen LogP contribution in [-0.2, 0) is 23.7 Å². The van der Waals surface area contributed by atoms with E-state index in [0.717, 1.165) is 0 Å². The number of rotatable bonds is 13. The first-order valence-electron chi connectivity index (χ1n) is 14.2. The van der Waals surface area contributed by atoms with Crippen LogP contribution in [0.1, 0.15) is 12.8 Å². The number of ether oxygens (including phenoxy) is 4. The van der Waals surface area contributed by atoms with Gasteiger partial charge < -0.3 is 93.4 Å². The minimum atomic E-state index is -1.93. The van der Waals surface area contributed by atoms with Crippen molar-refractivity contribution in [1.82, 2.24) is 10.6 Å². The molecule has 2 aliphatic heterocycles. The average molecular weight is 629 g/mol. The van der Waals surface area contributed by atoms with E-state index in [0.29, 0.717) is 0 Å². The molecule has 16 atom stereocenters. The lowest BCUT2D eigenvalue weighted by atomic mass is 9.83. The van der Waals surface area contributed by atoms with Gasteiger partial charge in [0.1, 0.15) is 42.7 Å². The third-order valence-electron chi connectivity index (χ3n) is 7.98. The molecule has 3 fully saturated rings. The molecule has 2 unspecified atom stereocenters. The Morgan fingerprint density at radius 2 is 1.53 bits per heavy atom. The van der Waals surface area contributed by atoms with Gasteiger partial charge in [0.2, 0.25) is 0 Å². The zero-order valence-corrected chi connectivity index (χ0v) is 23.6. The number of carbonyl (C=O) groups excluding carboxylic acids is 1.